The summed E-state index contributed by atoms with van der Waals surface area (Å²) in [4.78, 5) is 39.7. The monoisotopic (exact) mass is 439 g/mol. The number of nitrogens with zero attached hydrogens (tertiary/aromatic N) is 1. The van der Waals surface area contributed by atoms with Gasteiger partial charge in [-0.2, -0.15) is 0 Å². The smallest absolute Gasteiger partial charge is 0.322 e. The number of amides is 4. The van der Waals surface area contributed by atoms with E-state index in [1.807, 2.05) is 20.8 Å². The lowest BCUT2D eigenvalue weighted by Crippen LogP contribution is -2.63. The minimum atomic E-state index is -1.67. The normalized spacial score (nSPS) is 22.7. The number of ether oxygens (including phenoxy) is 1. The molecule has 1 aromatic carbocycles. The zero-order valence-electron chi connectivity index (χ0n) is 16.4. The van der Waals surface area contributed by atoms with Crippen molar-refractivity contribution in [2.45, 2.75) is 58.7 Å². The second kappa shape index (κ2) is 7.14. The second-order valence-electron chi connectivity index (χ2n) is 8.21. The summed E-state index contributed by atoms with van der Waals surface area (Å²) >= 11 is 3.39. The van der Waals surface area contributed by atoms with Crippen molar-refractivity contribution < 1.29 is 19.1 Å². The van der Waals surface area contributed by atoms with Crippen molar-refractivity contribution in [1.82, 2.24) is 10.2 Å². The van der Waals surface area contributed by atoms with Crippen molar-refractivity contribution in [2.24, 2.45) is 11.7 Å². The van der Waals surface area contributed by atoms with Crippen molar-refractivity contribution in [3.63, 3.8) is 0 Å². The molecule has 0 aromatic heterocycles. The van der Waals surface area contributed by atoms with Crippen LogP contribution in [0.2, 0.25) is 0 Å². The third kappa shape index (κ3) is 3.95. The fourth-order valence-electron chi connectivity index (χ4n) is 3.08. The maximum absolute atomic E-state index is 13.3. The Morgan fingerprint density at radius 3 is 2.41 bits per heavy atom. The molecule has 0 fully saturated rings. The summed E-state index contributed by atoms with van der Waals surface area (Å²) in [7, 11) is 0. The van der Waals surface area contributed by atoms with E-state index in [1.165, 1.54) is 6.92 Å². The molecule has 1 aliphatic heterocycles. The molecule has 1 aliphatic rings. The van der Waals surface area contributed by atoms with Gasteiger partial charge < -0.3 is 15.8 Å². The first kappa shape index (κ1) is 21.2. The Labute approximate surface area is 167 Å². The molecule has 2 atom stereocenters. The van der Waals surface area contributed by atoms with Crippen LogP contribution in [-0.4, -0.2) is 34.4 Å². The lowest BCUT2D eigenvalue weighted by Gasteiger charge is -2.39. The number of nitrogens with one attached hydrogen (secondary N) is 1. The number of hydrogen-bond donors (Lipinski definition) is 2. The molecule has 148 valence electrons. The van der Waals surface area contributed by atoms with Gasteiger partial charge in [0.1, 0.15) is 5.75 Å². The van der Waals surface area contributed by atoms with Gasteiger partial charge in [0.05, 0.1) is 0 Å². The molecule has 0 aliphatic carbocycles. The van der Waals surface area contributed by atoms with Crippen LogP contribution in [0.1, 0.15) is 47.1 Å². The molecule has 2 rings (SSSR count). The van der Waals surface area contributed by atoms with Crippen molar-refractivity contribution in [1.29, 1.82) is 0 Å². The zero-order valence-corrected chi connectivity index (χ0v) is 18.0. The topological polar surface area (TPSA) is 102 Å². The van der Waals surface area contributed by atoms with Crippen LogP contribution in [-0.2, 0) is 15.1 Å². The predicted molar refractivity (Wildman–Crippen MR) is 105 cm³/mol. The molecule has 0 saturated heterocycles. The quantitative estimate of drug-likeness (QED) is 0.739. The third-order valence-corrected chi connectivity index (χ3v) is 4.88. The van der Waals surface area contributed by atoms with Crippen LogP contribution >= 0.6 is 15.9 Å². The first-order valence-corrected chi connectivity index (χ1v) is 9.51. The number of nitrogens with two attached hydrogens (primary N) is 1. The summed E-state index contributed by atoms with van der Waals surface area (Å²) in [6.07, 6.45) is -0.943. The van der Waals surface area contributed by atoms with Gasteiger partial charge in [-0.25, -0.2) is 9.69 Å². The summed E-state index contributed by atoms with van der Waals surface area (Å²) in [5, 5.41) is 2.86. The maximum atomic E-state index is 13.3. The summed E-state index contributed by atoms with van der Waals surface area (Å²) in [5.74, 6) is -1.03. The number of carbonyl (C=O) groups is 3. The summed E-state index contributed by atoms with van der Waals surface area (Å²) in [5.41, 5.74) is 3.72. The van der Waals surface area contributed by atoms with Gasteiger partial charge in [-0.05, 0) is 51.8 Å². The molecule has 0 saturated carbocycles. The molecule has 0 radical (unpaired) electrons. The van der Waals surface area contributed by atoms with Gasteiger partial charge in [0.15, 0.2) is 11.6 Å². The number of halogens is 1. The first-order valence-electron chi connectivity index (χ1n) is 8.72. The van der Waals surface area contributed by atoms with Gasteiger partial charge in [-0.1, -0.05) is 29.8 Å². The van der Waals surface area contributed by atoms with Gasteiger partial charge in [-0.15, -0.1) is 0 Å². The molecule has 3 N–H and O–H groups in total. The average Bonchev–Trinajstić information content (AvgIpc) is 2.59. The number of imide groups is 1. The highest BCUT2D eigenvalue weighted by Gasteiger charge is 2.53. The SMILES string of the molecule is CC(C)C1Oc2ccc(Br)cc2C(C)(C(=O)NC(C)(C)C)N(C(N)=O)C1=O. The van der Waals surface area contributed by atoms with E-state index in [1.54, 1.807) is 32.0 Å². The van der Waals surface area contributed by atoms with Crippen molar-refractivity contribution in [2.75, 3.05) is 0 Å². The molecule has 8 heteroatoms. The molecular formula is C19H26BrN3O4. The van der Waals surface area contributed by atoms with Gasteiger partial charge in [0, 0.05) is 15.6 Å². The van der Waals surface area contributed by atoms with Gasteiger partial charge in [-0.3, -0.25) is 9.59 Å². The van der Waals surface area contributed by atoms with E-state index in [2.05, 4.69) is 21.2 Å². The summed E-state index contributed by atoms with van der Waals surface area (Å²) < 4.78 is 6.62. The number of benzene rings is 1. The van der Waals surface area contributed by atoms with Crippen LogP contribution in [0.5, 0.6) is 5.75 Å². The Balaban J connectivity index is 2.80. The molecule has 7 nitrogen and oxygen atoms in total. The molecular weight excluding hydrogens is 414 g/mol. The Morgan fingerprint density at radius 1 is 1.33 bits per heavy atom. The fourth-order valence-corrected chi connectivity index (χ4v) is 3.44. The summed E-state index contributed by atoms with van der Waals surface area (Å²) in [6.45, 7) is 10.6. The molecule has 0 spiro atoms. The van der Waals surface area contributed by atoms with Crippen LogP contribution < -0.4 is 15.8 Å². The highest BCUT2D eigenvalue weighted by molar-refractivity contribution is 9.10. The van der Waals surface area contributed by atoms with Crippen LogP contribution in [0, 0.1) is 5.92 Å². The number of carbonyl (C=O) groups excluding carboxylic acids is 3. The molecule has 2 unspecified atom stereocenters. The van der Waals surface area contributed by atoms with E-state index >= 15 is 0 Å². The molecule has 4 amide bonds. The Morgan fingerprint density at radius 2 is 1.93 bits per heavy atom. The lowest BCUT2D eigenvalue weighted by molar-refractivity contribution is -0.148. The van der Waals surface area contributed by atoms with Crippen molar-refractivity contribution >= 4 is 33.8 Å². The Bertz CT molecular complexity index is 788. The zero-order chi connectivity index (χ0) is 20.7. The standard InChI is InChI=1S/C19H26BrN3O4/c1-10(2)14-15(24)23(17(21)26)19(6,16(25)22-18(3,4)5)12-9-11(20)7-8-13(12)27-14/h7-10,14H,1-6H3,(H2,21,26)(H,22,25). The molecule has 0 bridgehead atoms. The number of fused-ring (bicyclic) bond motifs is 1. The van der Waals surface area contributed by atoms with E-state index in [4.69, 9.17) is 10.5 Å². The van der Waals surface area contributed by atoms with Gasteiger partial charge >= 0.3 is 6.03 Å². The van der Waals surface area contributed by atoms with Crippen LogP contribution in [0.4, 0.5) is 4.79 Å². The molecule has 1 heterocycles. The van der Waals surface area contributed by atoms with Crippen LogP contribution in [0.3, 0.4) is 0 Å². The van der Waals surface area contributed by atoms with Gasteiger partial charge in [0.25, 0.3) is 11.8 Å². The highest BCUT2D eigenvalue weighted by atomic mass is 79.9. The fraction of sp³-hybridized carbons (Fsp3) is 0.526. The minimum Gasteiger partial charge on any atom is -0.480 e. The van der Waals surface area contributed by atoms with E-state index in [-0.39, 0.29) is 5.92 Å². The average molecular weight is 440 g/mol. The predicted octanol–water partition coefficient (Wildman–Crippen LogP) is 2.90. The number of rotatable bonds is 2. The second-order valence-corrected chi connectivity index (χ2v) is 9.13. The molecule has 1 aromatic rings. The number of primary amides is 1. The minimum absolute atomic E-state index is 0.233. The van der Waals surface area contributed by atoms with Crippen LogP contribution in [0.15, 0.2) is 22.7 Å². The Hall–Kier alpha value is -2.09. The van der Waals surface area contributed by atoms with Crippen molar-refractivity contribution in [3.8, 4) is 5.75 Å². The summed E-state index contributed by atoms with van der Waals surface area (Å²) in [6, 6.07) is 4.09. The van der Waals surface area contributed by atoms with E-state index < -0.39 is 35.0 Å². The maximum Gasteiger partial charge on any atom is 0.322 e. The van der Waals surface area contributed by atoms with Crippen LogP contribution in [0.25, 0.3) is 0 Å². The largest absolute Gasteiger partial charge is 0.480 e. The van der Waals surface area contributed by atoms with E-state index in [0.29, 0.717) is 15.8 Å². The van der Waals surface area contributed by atoms with E-state index in [0.717, 1.165) is 4.90 Å². The van der Waals surface area contributed by atoms with Gasteiger partial charge in [0.2, 0.25) is 0 Å². The highest BCUT2D eigenvalue weighted by Crippen LogP contribution is 2.41. The van der Waals surface area contributed by atoms with Crippen molar-refractivity contribution in [3.05, 3.63) is 28.2 Å². The number of urea groups is 1. The first-order chi connectivity index (χ1) is 12.3. The van der Waals surface area contributed by atoms with E-state index in [9.17, 15) is 14.4 Å². The third-order valence-electron chi connectivity index (χ3n) is 4.39. The Kier molecular flexibility index (Phi) is 5.61. The number of hydrogen-bond acceptors (Lipinski definition) is 4. The molecule has 27 heavy (non-hydrogen) atoms. The lowest BCUT2D eigenvalue weighted by atomic mass is 9.87.